The molecule has 0 saturated heterocycles. The van der Waals surface area contributed by atoms with Crippen LogP contribution in [0.15, 0.2) is 30.3 Å². The van der Waals surface area contributed by atoms with E-state index < -0.39 is 11.7 Å². The van der Waals surface area contributed by atoms with Gasteiger partial charge in [-0.3, -0.25) is 0 Å². The zero-order valence-corrected chi connectivity index (χ0v) is 7.84. The number of allylic oxidation sites excluding steroid dienone is 1. The summed E-state index contributed by atoms with van der Waals surface area (Å²) < 4.78 is 36.5. The zero-order chi connectivity index (χ0) is 11.3. The highest BCUT2D eigenvalue weighted by Gasteiger charge is 2.29. The molecule has 15 heavy (non-hydrogen) atoms. The van der Waals surface area contributed by atoms with Crippen LogP contribution < -0.4 is 0 Å². The van der Waals surface area contributed by atoms with Gasteiger partial charge in [-0.15, -0.1) is 0 Å². The molecule has 0 fully saturated rings. The van der Waals surface area contributed by atoms with Gasteiger partial charge < -0.3 is 0 Å². The van der Waals surface area contributed by atoms with Crippen molar-refractivity contribution in [1.29, 1.82) is 0 Å². The molecule has 0 aromatic heterocycles. The van der Waals surface area contributed by atoms with Crippen LogP contribution in [0.2, 0.25) is 0 Å². The molecule has 0 aliphatic heterocycles. The van der Waals surface area contributed by atoms with E-state index in [-0.39, 0.29) is 0 Å². The first-order chi connectivity index (χ1) is 7.04. The molecule has 0 amide bonds. The summed E-state index contributed by atoms with van der Waals surface area (Å²) in [5.74, 6) is 1.62. The van der Waals surface area contributed by atoms with E-state index in [9.17, 15) is 18.0 Å². The number of halogens is 3. The third-order valence-corrected chi connectivity index (χ3v) is 1.94. The number of hydrogen-bond acceptors (Lipinski definition) is 1. The fourth-order valence-electron chi connectivity index (χ4n) is 1.16. The van der Waals surface area contributed by atoms with Crippen molar-refractivity contribution >= 4 is 5.94 Å². The number of benzene rings is 1. The number of carbonyl (C=O) groups excluding carboxylic acids is 1. The van der Waals surface area contributed by atoms with Crippen molar-refractivity contribution in [2.75, 3.05) is 0 Å². The highest BCUT2D eigenvalue weighted by atomic mass is 19.4. The molecule has 0 N–H and O–H groups in total. The van der Waals surface area contributed by atoms with E-state index in [2.05, 4.69) is 0 Å². The molecular formula is C11H9F3O. The Hall–Kier alpha value is -1.54. The second-order valence-corrected chi connectivity index (χ2v) is 3.06. The van der Waals surface area contributed by atoms with Crippen molar-refractivity contribution < 1.29 is 18.0 Å². The molecule has 80 valence electrons. The number of aryl methyl sites for hydroxylation is 1. The lowest BCUT2D eigenvalue weighted by molar-refractivity contribution is -0.137. The molecule has 1 aromatic carbocycles. The van der Waals surface area contributed by atoms with Gasteiger partial charge >= 0.3 is 6.18 Å². The standard InChI is InChI=1S/C11H9F3O/c12-11(13,14)10-6-4-9(5-7-10)3-1-2-8-15/h2,4-7H,1,3H2. The summed E-state index contributed by atoms with van der Waals surface area (Å²) in [4.78, 5) is 9.85. The van der Waals surface area contributed by atoms with Crippen LogP contribution in [0.5, 0.6) is 0 Å². The van der Waals surface area contributed by atoms with Gasteiger partial charge in [-0.1, -0.05) is 12.1 Å². The topological polar surface area (TPSA) is 17.1 Å². The van der Waals surface area contributed by atoms with Crippen molar-refractivity contribution in [1.82, 2.24) is 0 Å². The highest BCUT2D eigenvalue weighted by Crippen LogP contribution is 2.29. The van der Waals surface area contributed by atoms with Crippen LogP contribution in [0.4, 0.5) is 13.2 Å². The monoisotopic (exact) mass is 214 g/mol. The fourth-order valence-corrected chi connectivity index (χ4v) is 1.16. The van der Waals surface area contributed by atoms with Crippen LogP contribution in [0.1, 0.15) is 17.5 Å². The van der Waals surface area contributed by atoms with E-state index in [4.69, 9.17) is 0 Å². The minimum atomic E-state index is -4.29. The molecule has 1 aromatic rings. The first kappa shape index (κ1) is 11.5. The minimum Gasteiger partial charge on any atom is -0.234 e. The molecule has 0 aliphatic carbocycles. The van der Waals surface area contributed by atoms with Gasteiger partial charge in [0.05, 0.1) is 5.56 Å². The average Bonchev–Trinajstić information content (AvgIpc) is 2.18. The summed E-state index contributed by atoms with van der Waals surface area (Å²) in [7, 11) is 0. The van der Waals surface area contributed by atoms with Gasteiger partial charge in [0.2, 0.25) is 0 Å². The predicted octanol–water partition coefficient (Wildman–Crippen LogP) is 3.03. The van der Waals surface area contributed by atoms with Gasteiger partial charge in [-0.05, 0) is 30.5 Å². The van der Waals surface area contributed by atoms with Crippen molar-refractivity contribution in [3.05, 3.63) is 41.5 Å². The van der Waals surface area contributed by atoms with E-state index in [0.717, 1.165) is 17.7 Å². The maximum atomic E-state index is 12.2. The van der Waals surface area contributed by atoms with Crippen LogP contribution in [-0.2, 0) is 17.4 Å². The van der Waals surface area contributed by atoms with Crippen LogP contribution >= 0.6 is 0 Å². The predicted molar refractivity (Wildman–Crippen MR) is 50.0 cm³/mol. The van der Waals surface area contributed by atoms with Crippen molar-refractivity contribution in [2.45, 2.75) is 19.0 Å². The van der Waals surface area contributed by atoms with E-state index in [1.165, 1.54) is 18.2 Å². The Morgan fingerprint density at radius 3 is 2.27 bits per heavy atom. The van der Waals surface area contributed by atoms with Gasteiger partial charge in [-0.25, -0.2) is 4.79 Å². The van der Waals surface area contributed by atoms with Gasteiger partial charge in [0, 0.05) is 6.08 Å². The van der Waals surface area contributed by atoms with Gasteiger partial charge in [0.1, 0.15) is 5.94 Å². The Labute approximate surface area is 85.2 Å². The molecule has 0 radical (unpaired) electrons. The van der Waals surface area contributed by atoms with E-state index >= 15 is 0 Å². The summed E-state index contributed by atoms with van der Waals surface area (Å²) in [6.45, 7) is 0. The van der Waals surface area contributed by atoms with Crippen LogP contribution in [0.25, 0.3) is 0 Å². The third kappa shape index (κ3) is 3.60. The van der Waals surface area contributed by atoms with Gasteiger partial charge in [0.25, 0.3) is 0 Å². The molecule has 4 heteroatoms. The molecule has 0 bridgehead atoms. The van der Waals surface area contributed by atoms with Crippen LogP contribution in [0, 0.1) is 0 Å². The third-order valence-electron chi connectivity index (χ3n) is 1.94. The Bertz CT molecular complexity index is 358. The Morgan fingerprint density at radius 2 is 1.80 bits per heavy atom. The van der Waals surface area contributed by atoms with Crippen molar-refractivity contribution in [2.24, 2.45) is 0 Å². The maximum absolute atomic E-state index is 12.2. The molecule has 0 atom stereocenters. The lowest BCUT2D eigenvalue weighted by Gasteiger charge is -2.06. The maximum Gasteiger partial charge on any atom is 0.416 e. The van der Waals surface area contributed by atoms with Gasteiger partial charge in [0.15, 0.2) is 0 Å². The number of alkyl halides is 3. The lowest BCUT2D eigenvalue weighted by Crippen LogP contribution is -2.04. The van der Waals surface area contributed by atoms with E-state index in [0.29, 0.717) is 12.8 Å². The second kappa shape index (κ2) is 4.80. The van der Waals surface area contributed by atoms with Crippen LogP contribution in [0.3, 0.4) is 0 Å². The molecule has 1 nitrogen and oxygen atoms in total. The number of hydrogen-bond donors (Lipinski definition) is 0. The molecular weight excluding hydrogens is 205 g/mol. The quantitative estimate of drug-likeness (QED) is 0.707. The Kier molecular flexibility index (Phi) is 3.69. The second-order valence-electron chi connectivity index (χ2n) is 3.06. The summed E-state index contributed by atoms with van der Waals surface area (Å²) in [6, 6.07) is 4.92. The van der Waals surface area contributed by atoms with Gasteiger partial charge in [-0.2, -0.15) is 13.2 Å². The average molecular weight is 214 g/mol. The summed E-state index contributed by atoms with van der Waals surface area (Å²) in [5.41, 5.74) is 0.117. The molecule has 0 heterocycles. The zero-order valence-electron chi connectivity index (χ0n) is 7.84. The Balaban J connectivity index is 2.68. The minimum absolute atomic E-state index is 0.495. The van der Waals surface area contributed by atoms with Crippen molar-refractivity contribution in [3.8, 4) is 0 Å². The molecule has 0 unspecified atom stereocenters. The normalized spacial score (nSPS) is 10.9. The SMILES string of the molecule is O=C=CCCc1ccc(C(F)(F)F)cc1. The number of rotatable bonds is 3. The molecule has 1 rings (SSSR count). The summed E-state index contributed by atoms with van der Waals surface area (Å²) >= 11 is 0. The molecule has 0 saturated carbocycles. The van der Waals surface area contributed by atoms with Crippen LogP contribution in [-0.4, -0.2) is 5.94 Å². The first-order valence-corrected chi connectivity index (χ1v) is 4.39. The fraction of sp³-hybridized carbons (Fsp3) is 0.273. The molecule has 0 spiro atoms. The first-order valence-electron chi connectivity index (χ1n) is 4.39. The summed E-state index contributed by atoms with van der Waals surface area (Å²) in [5, 5.41) is 0. The smallest absolute Gasteiger partial charge is 0.234 e. The van der Waals surface area contributed by atoms with E-state index in [1.807, 2.05) is 0 Å². The summed E-state index contributed by atoms with van der Waals surface area (Å²) in [6.07, 6.45) is -1.93. The molecule has 0 aliphatic rings. The lowest BCUT2D eigenvalue weighted by atomic mass is 10.1. The van der Waals surface area contributed by atoms with E-state index in [1.54, 1.807) is 5.94 Å². The van der Waals surface area contributed by atoms with Crippen molar-refractivity contribution in [3.63, 3.8) is 0 Å². The Morgan fingerprint density at radius 1 is 1.20 bits per heavy atom. The largest absolute Gasteiger partial charge is 0.416 e. The highest BCUT2D eigenvalue weighted by molar-refractivity contribution is 5.44.